The van der Waals surface area contributed by atoms with Crippen molar-refractivity contribution >= 4 is 29.3 Å². The minimum Gasteiger partial charge on any atom is -0.484 e. The summed E-state index contributed by atoms with van der Waals surface area (Å²) in [5, 5.41) is 2.66. The summed E-state index contributed by atoms with van der Waals surface area (Å²) in [6.07, 6.45) is 3.11. The summed E-state index contributed by atoms with van der Waals surface area (Å²) < 4.78 is 5.55. The number of carbonyl (C=O) groups excluding carboxylic acids is 2. The summed E-state index contributed by atoms with van der Waals surface area (Å²) in [5.74, 6) is 1.06. The molecule has 1 saturated heterocycles. The highest BCUT2D eigenvalue weighted by molar-refractivity contribution is 6.05. The maximum Gasteiger partial charge on any atom is 0.279 e. The molecule has 3 heterocycles. The Morgan fingerprint density at radius 2 is 1.78 bits per heavy atom. The molecule has 1 aliphatic rings. The molecule has 0 aliphatic carbocycles. The first-order valence-electron chi connectivity index (χ1n) is 10.2. The van der Waals surface area contributed by atoms with Gasteiger partial charge in [-0.3, -0.25) is 9.59 Å². The summed E-state index contributed by atoms with van der Waals surface area (Å²) in [6.45, 7) is 2.12. The summed E-state index contributed by atoms with van der Waals surface area (Å²) in [7, 11) is 0. The van der Waals surface area contributed by atoms with Crippen LogP contribution in [0.5, 0.6) is 5.75 Å². The minimum absolute atomic E-state index is 0. The third-order valence-electron chi connectivity index (χ3n) is 4.97. The first-order chi connectivity index (χ1) is 15.6. The molecule has 10 nitrogen and oxygen atoms in total. The molecule has 2 amide bonds. The lowest BCUT2D eigenvalue weighted by atomic mass is 10.3. The average molecular weight is 438 g/mol. The summed E-state index contributed by atoms with van der Waals surface area (Å²) in [6, 6.07) is 14.4. The Bertz CT molecular complexity index is 1080. The second kappa shape index (κ2) is 9.73. The van der Waals surface area contributed by atoms with Crippen LogP contribution in [0.25, 0.3) is 0 Å². The lowest BCUT2D eigenvalue weighted by molar-refractivity contribution is -0.133. The van der Waals surface area contributed by atoms with Crippen LogP contribution in [0.1, 0.15) is 13.3 Å². The molecule has 2 aromatic heterocycles. The number of piperazine rings is 1. The number of hydrogen-bond donors (Lipinski definition) is 2. The van der Waals surface area contributed by atoms with E-state index in [0.29, 0.717) is 43.6 Å². The molecule has 32 heavy (non-hydrogen) atoms. The monoisotopic (exact) mass is 437 g/mol. The SMILES string of the molecule is Nc1ncc(N2CCN(C(=O)COc3ccccc3)CC2)nc1C(=O)Nc1ccccn1.[HH].[HH]. The van der Waals surface area contributed by atoms with Crippen molar-refractivity contribution in [1.82, 2.24) is 19.9 Å². The lowest BCUT2D eigenvalue weighted by Crippen LogP contribution is -2.50. The molecular formula is C22H27N7O3. The van der Waals surface area contributed by atoms with Gasteiger partial charge >= 0.3 is 0 Å². The van der Waals surface area contributed by atoms with Crippen molar-refractivity contribution in [2.75, 3.05) is 48.7 Å². The smallest absolute Gasteiger partial charge is 0.279 e. The zero-order valence-electron chi connectivity index (χ0n) is 17.3. The van der Waals surface area contributed by atoms with Gasteiger partial charge in [0.2, 0.25) is 0 Å². The van der Waals surface area contributed by atoms with Crippen molar-refractivity contribution in [2.24, 2.45) is 0 Å². The average Bonchev–Trinajstić information content (AvgIpc) is 2.84. The number of para-hydroxylation sites is 1. The Kier molecular flexibility index (Phi) is 6.40. The molecule has 0 atom stereocenters. The van der Waals surface area contributed by atoms with E-state index in [1.807, 2.05) is 35.2 Å². The number of anilines is 3. The third kappa shape index (κ3) is 5.09. The third-order valence-corrected chi connectivity index (χ3v) is 4.97. The van der Waals surface area contributed by atoms with Crippen LogP contribution >= 0.6 is 0 Å². The molecular weight excluding hydrogens is 410 g/mol. The number of benzene rings is 1. The highest BCUT2D eigenvalue weighted by Gasteiger charge is 2.24. The van der Waals surface area contributed by atoms with Gasteiger partial charge in [-0.25, -0.2) is 15.0 Å². The standard InChI is InChI=1S/C22H23N7O3.2H2/c23-21-20(22(31)26-17-8-4-5-9-24-17)27-18(14-25-21)28-10-12-29(13-11-28)19(30)15-32-16-6-2-1-3-7-16;;/h1-9,14H,10-13,15H2,(H2,23,25)(H,24,26,31);2*1H. The second-order valence-corrected chi connectivity index (χ2v) is 7.10. The topological polar surface area (TPSA) is 127 Å². The van der Waals surface area contributed by atoms with Gasteiger partial charge in [-0.15, -0.1) is 0 Å². The summed E-state index contributed by atoms with van der Waals surface area (Å²) >= 11 is 0. The predicted molar refractivity (Wildman–Crippen MR) is 124 cm³/mol. The summed E-state index contributed by atoms with van der Waals surface area (Å²) in [4.78, 5) is 41.4. The maximum absolute atomic E-state index is 12.6. The first kappa shape index (κ1) is 21.0. The second-order valence-electron chi connectivity index (χ2n) is 7.10. The molecule has 3 aromatic rings. The van der Waals surface area contributed by atoms with Crippen LogP contribution < -0.4 is 20.7 Å². The van der Waals surface area contributed by atoms with Crippen LogP contribution in [0.2, 0.25) is 0 Å². The fourth-order valence-electron chi connectivity index (χ4n) is 3.26. The fraction of sp³-hybridized carbons (Fsp3) is 0.227. The van der Waals surface area contributed by atoms with E-state index < -0.39 is 5.91 Å². The first-order valence-corrected chi connectivity index (χ1v) is 10.2. The van der Waals surface area contributed by atoms with Crippen LogP contribution in [0, 0.1) is 0 Å². The minimum atomic E-state index is -0.484. The Balaban J connectivity index is 0.00000204. The molecule has 10 heteroatoms. The van der Waals surface area contributed by atoms with E-state index in [-0.39, 0.29) is 26.9 Å². The number of rotatable bonds is 6. The van der Waals surface area contributed by atoms with Crippen molar-refractivity contribution in [3.8, 4) is 5.75 Å². The number of nitrogens with two attached hydrogens (primary N) is 1. The number of amides is 2. The van der Waals surface area contributed by atoms with Crippen LogP contribution in [0.3, 0.4) is 0 Å². The quantitative estimate of drug-likeness (QED) is 0.599. The van der Waals surface area contributed by atoms with E-state index in [2.05, 4.69) is 20.3 Å². The molecule has 1 aliphatic heterocycles. The number of pyridine rings is 1. The zero-order chi connectivity index (χ0) is 22.3. The molecule has 3 N–H and O–H groups in total. The Hall–Kier alpha value is -4.21. The summed E-state index contributed by atoms with van der Waals surface area (Å²) in [5.41, 5.74) is 5.91. The number of ether oxygens (including phenoxy) is 1. The zero-order valence-corrected chi connectivity index (χ0v) is 17.3. The van der Waals surface area contributed by atoms with Crippen LogP contribution in [0.4, 0.5) is 17.5 Å². The molecule has 4 rings (SSSR count). The van der Waals surface area contributed by atoms with Crippen molar-refractivity contribution in [2.45, 2.75) is 0 Å². The van der Waals surface area contributed by atoms with Gasteiger partial charge in [-0.1, -0.05) is 24.3 Å². The number of nitrogens with zero attached hydrogens (tertiary/aromatic N) is 5. The van der Waals surface area contributed by atoms with Gasteiger partial charge in [0, 0.05) is 35.2 Å². The van der Waals surface area contributed by atoms with Crippen LogP contribution in [-0.2, 0) is 4.79 Å². The maximum atomic E-state index is 12.6. The molecule has 168 valence electrons. The molecule has 0 saturated carbocycles. The van der Waals surface area contributed by atoms with Crippen molar-refractivity contribution in [3.05, 3.63) is 66.6 Å². The van der Waals surface area contributed by atoms with E-state index in [4.69, 9.17) is 10.5 Å². The van der Waals surface area contributed by atoms with Gasteiger partial charge in [0.05, 0.1) is 6.20 Å². The van der Waals surface area contributed by atoms with E-state index >= 15 is 0 Å². The Labute approximate surface area is 188 Å². The van der Waals surface area contributed by atoms with Crippen LogP contribution in [-0.4, -0.2) is 64.5 Å². The number of carbonyl (C=O) groups is 2. The van der Waals surface area contributed by atoms with Gasteiger partial charge in [-0.2, -0.15) is 0 Å². The highest BCUT2D eigenvalue weighted by atomic mass is 16.5. The molecule has 0 bridgehead atoms. The van der Waals surface area contributed by atoms with Gasteiger partial charge < -0.3 is 25.6 Å². The molecule has 0 spiro atoms. The van der Waals surface area contributed by atoms with Gasteiger partial charge in [0.25, 0.3) is 11.8 Å². The van der Waals surface area contributed by atoms with E-state index in [9.17, 15) is 9.59 Å². The normalized spacial score (nSPS) is 13.5. The van der Waals surface area contributed by atoms with Crippen LogP contribution in [0.15, 0.2) is 60.9 Å². The Morgan fingerprint density at radius 3 is 2.50 bits per heavy atom. The largest absolute Gasteiger partial charge is 0.484 e. The molecule has 1 fully saturated rings. The highest BCUT2D eigenvalue weighted by Crippen LogP contribution is 2.17. The molecule has 0 unspecified atom stereocenters. The number of nitrogens with one attached hydrogen (secondary N) is 1. The van der Waals surface area contributed by atoms with Gasteiger partial charge in [0.15, 0.2) is 18.1 Å². The number of aromatic nitrogens is 3. The van der Waals surface area contributed by atoms with Crippen molar-refractivity contribution < 1.29 is 17.2 Å². The van der Waals surface area contributed by atoms with Gasteiger partial charge in [-0.05, 0) is 24.3 Å². The number of hydrogen-bond acceptors (Lipinski definition) is 8. The van der Waals surface area contributed by atoms with Crippen molar-refractivity contribution in [1.29, 1.82) is 0 Å². The molecule has 1 aromatic carbocycles. The predicted octanol–water partition coefficient (Wildman–Crippen LogP) is 1.93. The number of nitrogen functional groups attached to an aromatic ring is 1. The van der Waals surface area contributed by atoms with E-state index in [1.165, 1.54) is 6.20 Å². The van der Waals surface area contributed by atoms with E-state index in [1.54, 1.807) is 29.3 Å². The molecule has 0 radical (unpaired) electrons. The van der Waals surface area contributed by atoms with Crippen molar-refractivity contribution in [3.63, 3.8) is 0 Å². The Morgan fingerprint density at radius 1 is 1.03 bits per heavy atom. The lowest BCUT2D eigenvalue weighted by Gasteiger charge is -2.35. The van der Waals surface area contributed by atoms with E-state index in [0.717, 1.165) is 0 Å². The fourth-order valence-corrected chi connectivity index (χ4v) is 3.26. The van der Waals surface area contributed by atoms with Gasteiger partial charge in [0.1, 0.15) is 17.4 Å².